The van der Waals surface area contributed by atoms with Crippen LogP contribution < -0.4 is 4.72 Å². The molecular formula is C18H24FN3O2S2. The number of hydrogen-bond donors (Lipinski definition) is 1. The van der Waals surface area contributed by atoms with Gasteiger partial charge in [0, 0.05) is 37.6 Å². The molecule has 0 aliphatic carbocycles. The molecule has 1 aromatic carbocycles. The topological polar surface area (TPSA) is 52.6 Å². The first kappa shape index (κ1) is 19.4. The molecule has 142 valence electrons. The molecule has 1 aromatic heterocycles. The largest absolute Gasteiger partial charge is 0.304 e. The van der Waals surface area contributed by atoms with Crippen LogP contribution in [0, 0.1) is 5.82 Å². The van der Waals surface area contributed by atoms with Crippen molar-refractivity contribution in [1.82, 2.24) is 14.5 Å². The van der Waals surface area contributed by atoms with Gasteiger partial charge in [-0.25, -0.2) is 17.5 Å². The number of sulfonamides is 1. The van der Waals surface area contributed by atoms with Gasteiger partial charge in [0.25, 0.3) is 0 Å². The Labute approximate surface area is 158 Å². The molecule has 0 amide bonds. The van der Waals surface area contributed by atoms with Gasteiger partial charge in [0.2, 0.25) is 10.0 Å². The van der Waals surface area contributed by atoms with Crippen LogP contribution in [0.4, 0.5) is 4.39 Å². The van der Waals surface area contributed by atoms with Gasteiger partial charge < -0.3 is 4.90 Å². The summed E-state index contributed by atoms with van der Waals surface area (Å²) in [5.74, 6) is -0.514. The molecule has 2 heterocycles. The number of likely N-dealkylation sites (N-methyl/N-ethyl adjacent to an activating group) is 1. The average Bonchev–Trinajstić information content (AvgIpc) is 3.13. The molecule has 1 N–H and O–H groups in total. The second kappa shape index (κ2) is 8.58. The van der Waals surface area contributed by atoms with Gasteiger partial charge in [0.15, 0.2) is 0 Å². The minimum absolute atomic E-state index is 0.0340. The Morgan fingerprint density at radius 2 is 1.85 bits per heavy atom. The minimum Gasteiger partial charge on any atom is -0.304 e. The van der Waals surface area contributed by atoms with Crippen LogP contribution in [0.1, 0.15) is 16.5 Å². The SMILES string of the molecule is CN1CCN(C(CNS(=O)(=O)Cc2ccc(F)cc2)c2cccs2)CC1. The number of hydrogen-bond acceptors (Lipinski definition) is 5. The van der Waals surface area contributed by atoms with E-state index in [2.05, 4.69) is 27.6 Å². The van der Waals surface area contributed by atoms with E-state index in [-0.39, 0.29) is 17.6 Å². The molecule has 0 bridgehead atoms. The number of thiophene rings is 1. The van der Waals surface area contributed by atoms with Crippen molar-refractivity contribution in [2.45, 2.75) is 11.8 Å². The van der Waals surface area contributed by atoms with E-state index in [1.807, 2.05) is 11.4 Å². The Hall–Kier alpha value is -1.32. The summed E-state index contributed by atoms with van der Waals surface area (Å²) in [4.78, 5) is 5.78. The monoisotopic (exact) mass is 397 g/mol. The van der Waals surface area contributed by atoms with Crippen LogP contribution in [0.3, 0.4) is 0 Å². The Balaban J connectivity index is 1.66. The second-order valence-electron chi connectivity index (χ2n) is 6.60. The highest BCUT2D eigenvalue weighted by atomic mass is 32.2. The molecule has 1 saturated heterocycles. The van der Waals surface area contributed by atoms with Crippen molar-refractivity contribution in [1.29, 1.82) is 0 Å². The molecule has 2 aromatic rings. The quantitative estimate of drug-likeness (QED) is 0.779. The molecule has 1 atom stereocenters. The summed E-state index contributed by atoms with van der Waals surface area (Å²) in [6, 6.07) is 9.66. The van der Waals surface area contributed by atoms with E-state index >= 15 is 0 Å². The van der Waals surface area contributed by atoms with Gasteiger partial charge >= 0.3 is 0 Å². The van der Waals surface area contributed by atoms with Crippen molar-refractivity contribution in [3.63, 3.8) is 0 Å². The van der Waals surface area contributed by atoms with E-state index in [4.69, 9.17) is 0 Å². The van der Waals surface area contributed by atoms with E-state index in [0.717, 1.165) is 26.2 Å². The molecule has 1 aliphatic heterocycles. The van der Waals surface area contributed by atoms with Crippen LogP contribution in [-0.2, 0) is 15.8 Å². The fourth-order valence-corrected chi connectivity index (χ4v) is 5.09. The van der Waals surface area contributed by atoms with Gasteiger partial charge in [-0.05, 0) is 36.2 Å². The molecule has 8 heteroatoms. The molecule has 0 radical (unpaired) electrons. The van der Waals surface area contributed by atoms with Gasteiger partial charge in [-0.15, -0.1) is 11.3 Å². The normalized spacial score (nSPS) is 18.1. The van der Waals surface area contributed by atoms with Crippen molar-refractivity contribution in [2.75, 3.05) is 39.8 Å². The first-order chi connectivity index (χ1) is 12.4. The minimum atomic E-state index is -3.49. The van der Waals surface area contributed by atoms with Crippen LogP contribution in [0.15, 0.2) is 41.8 Å². The maximum absolute atomic E-state index is 13.0. The first-order valence-corrected chi connectivity index (χ1v) is 11.1. The lowest BCUT2D eigenvalue weighted by Crippen LogP contribution is -2.48. The van der Waals surface area contributed by atoms with Crippen molar-refractivity contribution in [3.05, 3.63) is 58.0 Å². The predicted octanol–water partition coefficient (Wildman–Crippen LogP) is 2.30. The Kier molecular flexibility index (Phi) is 6.42. The van der Waals surface area contributed by atoms with Gasteiger partial charge in [0.1, 0.15) is 5.82 Å². The number of nitrogens with one attached hydrogen (secondary N) is 1. The highest BCUT2D eigenvalue weighted by Crippen LogP contribution is 2.26. The maximum atomic E-state index is 13.0. The van der Waals surface area contributed by atoms with Gasteiger partial charge in [-0.1, -0.05) is 18.2 Å². The third-order valence-corrected chi connectivity index (χ3v) is 6.91. The number of piperazine rings is 1. The fraction of sp³-hybridized carbons (Fsp3) is 0.444. The van der Waals surface area contributed by atoms with E-state index in [1.165, 1.54) is 29.1 Å². The smallest absolute Gasteiger partial charge is 0.215 e. The van der Waals surface area contributed by atoms with Crippen molar-refractivity contribution in [3.8, 4) is 0 Å². The van der Waals surface area contributed by atoms with E-state index in [0.29, 0.717) is 12.1 Å². The highest BCUT2D eigenvalue weighted by molar-refractivity contribution is 7.88. The molecule has 1 aliphatic rings. The standard InChI is InChI=1S/C18H24FN3O2S2/c1-21-8-10-22(11-9-21)17(18-3-2-12-25-18)13-20-26(23,24)14-15-4-6-16(19)7-5-15/h2-7,12,17,20H,8-11,13-14H2,1H3. The summed E-state index contributed by atoms with van der Waals surface area (Å²) < 4.78 is 40.7. The molecule has 26 heavy (non-hydrogen) atoms. The molecule has 0 spiro atoms. The third kappa shape index (κ3) is 5.34. The summed E-state index contributed by atoms with van der Waals surface area (Å²) in [7, 11) is -1.39. The van der Waals surface area contributed by atoms with E-state index < -0.39 is 10.0 Å². The number of halogens is 1. The first-order valence-electron chi connectivity index (χ1n) is 8.61. The van der Waals surface area contributed by atoms with Crippen molar-refractivity contribution >= 4 is 21.4 Å². The van der Waals surface area contributed by atoms with Crippen LogP contribution in [-0.4, -0.2) is 58.0 Å². The van der Waals surface area contributed by atoms with Gasteiger partial charge in [0.05, 0.1) is 11.8 Å². The van der Waals surface area contributed by atoms with Crippen LogP contribution >= 0.6 is 11.3 Å². The number of benzene rings is 1. The number of rotatable bonds is 7. The number of nitrogens with zero attached hydrogens (tertiary/aromatic N) is 2. The zero-order chi connectivity index (χ0) is 18.6. The van der Waals surface area contributed by atoms with Gasteiger partial charge in [-0.2, -0.15) is 0 Å². The molecule has 0 saturated carbocycles. The molecule has 5 nitrogen and oxygen atoms in total. The van der Waals surface area contributed by atoms with Crippen LogP contribution in [0.2, 0.25) is 0 Å². The fourth-order valence-electron chi connectivity index (χ4n) is 3.08. The second-order valence-corrected chi connectivity index (χ2v) is 9.39. The average molecular weight is 398 g/mol. The third-order valence-electron chi connectivity index (χ3n) is 4.62. The zero-order valence-corrected chi connectivity index (χ0v) is 16.4. The summed E-state index contributed by atoms with van der Waals surface area (Å²) in [5, 5.41) is 2.02. The Morgan fingerprint density at radius 1 is 1.15 bits per heavy atom. The highest BCUT2D eigenvalue weighted by Gasteiger charge is 2.26. The molecule has 3 rings (SSSR count). The lowest BCUT2D eigenvalue weighted by atomic mass is 10.2. The summed E-state index contributed by atoms with van der Waals surface area (Å²) in [5.41, 5.74) is 0.575. The summed E-state index contributed by atoms with van der Waals surface area (Å²) in [6.45, 7) is 4.12. The van der Waals surface area contributed by atoms with Crippen molar-refractivity contribution in [2.24, 2.45) is 0 Å². The Morgan fingerprint density at radius 3 is 2.46 bits per heavy atom. The lowest BCUT2D eigenvalue weighted by Gasteiger charge is -2.37. The van der Waals surface area contributed by atoms with E-state index in [9.17, 15) is 12.8 Å². The van der Waals surface area contributed by atoms with Crippen LogP contribution in [0.25, 0.3) is 0 Å². The van der Waals surface area contributed by atoms with Gasteiger partial charge in [-0.3, -0.25) is 4.90 Å². The predicted molar refractivity (Wildman–Crippen MR) is 103 cm³/mol. The lowest BCUT2D eigenvalue weighted by molar-refractivity contribution is 0.114. The van der Waals surface area contributed by atoms with E-state index in [1.54, 1.807) is 11.3 Å². The summed E-state index contributed by atoms with van der Waals surface area (Å²) >= 11 is 1.65. The van der Waals surface area contributed by atoms with Crippen molar-refractivity contribution < 1.29 is 12.8 Å². The molecule has 1 fully saturated rings. The maximum Gasteiger partial charge on any atom is 0.215 e. The molecule has 1 unspecified atom stereocenters. The Bertz CT molecular complexity index is 786. The zero-order valence-electron chi connectivity index (χ0n) is 14.8. The summed E-state index contributed by atoms with van der Waals surface area (Å²) in [6.07, 6.45) is 0. The van der Waals surface area contributed by atoms with Crippen LogP contribution in [0.5, 0.6) is 0 Å². The molecular weight excluding hydrogens is 373 g/mol.